The molecule has 2 aliphatic heterocycles. The molecule has 0 bridgehead atoms. The fourth-order valence-electron chi connectivity index (χ4n) is 1.99. The van der Waals surface area contributed by atoms with E-state index in [0.717, 1.165) is 0 Å². The Bertz CT molecular complexity index is 465. The number of carboxylic acids is 1. The van der Waals surface area contributed by atoms with Gasteiger partial charge in [0.2, 0.25) is 5.91 Å². The van der Waals surface area contributed by atoms with Crippen LogP contribution >= 0.6 is 27.7 Å². The second-order valence-corrected chi connectivity index (χ2v) is 5.69. The van der Waals surface area contributed by atoms with Gasteiger partial charge in [-0.2, -0.15) is 0 Å². The molecular weight excluding hydrogens is 324 g/mol. The largest absolute Gasteiger partial charge is 0.477 e. The molecule has 18 heavy (non-hydrogen) atoms. The number of alkyl halides is 1. The molecule has 1 saturated heterocycles. The summed E-state index contributed by atoms with van der Waals surface area (Å²) in [5, 5.41) is 11.5. The zero-order chi connectivity index (χ0) is 13.4. The predicted octanol–water partition coefficient (Wildman–Crippen LogP) is 0.140. The van der Waals surface area contributed by atoms with Crippen molar-refractivity contribution in [3.8, 4) is 0 Å². The van der Waals surface area contributed by atoms with Crippen LogP contribution in [0.4, 0.5) is 0 Å². The SMILES string of the molecule is CC1=C(C(=O)O)N2C(=O)C(NC(=O)CBr)C2SC1. The Balaban J connectivity index is 2.18. The lowest BCUT2D eigenvalue weighted by Crippen LogP contribution is -2.70. The summed E-state index contributed by atoms with van der Waals surface area (Å²) >= 11 is 4.46. The number of carbonyl (C=O) groups is 3. The smallest absolute Gasteiger partial charge is 0.352 e. The zero-order valence-electron chi connectivity index (χ0n) is 9.47. The summed E-state index contributed by atoms with van der Waals surface area (Å²) in [6.07, 6.45) is 0. The van der Waals surface area contributed by atoms with Crippen LogP contribution in [0.2, 0.25) is 0 Å². The highest BCUT2D eigenvalue weighted by Gasteiger charge is 2.53. The molecule has 2 atom stereocenters. The quantitative estimate of drug-likeness (QED) is 0.566. The maximum absolute atomic E-state index is 11.9. The number of rotatable bonds is 3. The molecule has 8 heteroatoms. The predicted molar refractivity (Wildman–Crippen MR) is 69.2 cm³/mol. The molecule has 2 unspecified atom stereocenters. The Morgan fingerprint density at radius 1 is 1.61 bits per heavy atom. The second-order valence-electron chi connectivity index (χ2n) is 4.02. The van der Waals surface area contributed by atoms with Crippen molar-refractivity contribution in [1.29, 1.82) is 0 Å². The summed E-state index contributed by atoms with van der Waals surface area (Å²) in [5.74, 6) is -1.19. The molecule has 2 aliphatic rings. The summed E-state index contributed by atoms with van der Waals surface area (Å²) in [4.78, 5) is 35.5. The van der Waals surface area contributed by atoms with Crippen LogP contribution in [0.5, 0.6) is 0 Å². The van der Waals surface area contributed by atoms with E-state index in [1.54, 1.807) is 6.92 Å². The van der Waals surface area contributed by atoms with E-state index in [1.165, 1.54) is 16.7 Å². The molecular formula is C10H11BrN2O4S. The number of amides is 2. The van der Waals surface area contributed by atoms with Crippen LogP contribution in [0.15, 0.2) is 11.3 Å². The van der Waals surface area contributed by atoms with Crippen LogP contribution in [0, 0.1) is 0 Å². The van der Waals surface area contributed by atoms with Crippen LogP contribution in [-0.2, 0) is 14.4 Å². The van der Waals surface area contributed by atoms with E-state index in [2.05, 4.69) is 21.2 Å². The number of nitrogens with zero attached hydrogens (tertiary/aromatic N) is 1. The normalized spacial score (nSPS) is 26.6. The Labute approximate surface area is 116 Å². The van der Waals surface area contributed by atoms with E-state index in [4.69, 9.17) is 5.11 Å². The number of thioether (sulfide) groups is 1. The minimum Gasteiger partial charge on any atom is -0.477 e. The zero-order valence-corrected chi connectivity index (χ0v) is 11.9. The molecule has 2 rings (SSSR count). The number of nitrogens with one attached hydrogen (secondary N) is 1. The van der Waals surface area contributed by atoms with Crippen molar-refractivity contribution in [1.82, 2.24) is 10.2 Å². The van der Waals surface area contributed by atoms with Crippen LogP contribution in [0.1, 0.15) is 6.92 Å². The fraction of sp³-hybridized carbons (Fsp3) is 0.500. The van der Waals surface area contributed by atoms with Gasteiger partial charge in [0.25, 0.3) is 5.91 Å². The van der Waals surface area contributed by atoms with Crippen LogP contribution < -0.4 is 5.32 Å². The Kier molecular flexibility index (Phi) is 3.67. The van der Waals surface area contributed by atoms with Gasteiger partial charge in [-0.3, -0.25) is 14.5 Å². The molecule has 0 radical (unpaired) electrons. The molecule has 0 saturated carbocycles. The van der Waals surface area contributed by atoms with E-state index in [9.17, 15) is 14.4 Å². The van der Waals surface area contributed by atoms with Gasteiger partial charge >= 0.3 is 5.97 Å². The first kappa shape index (κ1) is 13.4. The van der Waals surface area contributed by atoms with Gasteiger partial charge in [-0.15, -0.1) is 11.8 Å². The molecule has 0 aromatic rings. The Morgan fingerprint density at radius 3 is 2.83 bits per heavy atom. The third-order valence-corrected chi connectivity index (χ3v) is 4.73. The summed E-state index contributed by atoms with van der Waals surface area (Å²) in [5.41, 5.74) is 0.718. The molecule has 6 nitrogen and oxygen atoms in total. The highest BCUT2D eigenvalue weighted by molar-refractivity contribution is 9.09. The van der Waals surface area contributed by atoms with E-state index in [0.29, 0.717) is 11.3 Å². The van der Waals surface area contributed by atoms with Crippen LogP contribution in [-0.4, -0.2) is 50.3 Å². The second kappa shape index (κ2) is 4.93. The molecule has 1 fully saturated rings. The molecule has 2 amide bonds. The monoisotopic (exact) mass is 334 g/mol. The van der Waals surface area contributed by atoms with Crippen molar-refractivity contribution in [3.63, 3.8) is 0 Å². The molecule has 98 valence electrons. The molecule has 0 spiro atoms. The lowest BCUT2D eigenvalue weighted by Gasteiger charge is -2.49. The van der Waals surface area contributed by atoms with Crippen molar-refractivity contribution < 1.29 is 19.5 Å². The fourth-order valence-corrected chi connectivity index (χ4v) is 3.44. The highest BCUT2D eigenvalue weighted by Crippen LogP contribution is 2.39. The van der Waals surface area contributed by atoms with Gasteiger partial charge in [-0.1, -0.05) is 15.9 Å². The first-order valence-electron chi connectivity index (χ1n) is 5.20. The number of hydrogen-bond acceptors (Lipinski definition) is 4. The lowest BCUT2D eigenvalue weighted by atomic mass is 10.0. The van der Waals surface area contributed by atoms with Gasteiger partial charge in [-0.05, 0) is 12.5 Å². The third-order valence-electron chi connectivity index (χ3n) is 2.80. The van der Waals surface area contributed by atoms with E-state index in [1.807, 2.05) is 0 Å². The first-order chi connectivity index (χ1) is 8.47. The third kappa shape index (κ3) is 2.03. The average molecular weight is 335 g/mol. The van der Waals surface area contributed by atoms with Gasteiger partial charge in [-0.25, -0.2) is 4.79 Å². The number of fused-ring (bicyclic) bond motifs is 1. The Morgan fingerprint density at radius 2 is 2.28 bits per heavy atom. The number of halogens is 1. The minimum absolute atomic E-state index is 0.0492. The maximum atomic E-state index is 11.9. The van der Waals surface area contributed by atoms with Crippen molar-refractivity contribution in [2.75, 3.05) is 11.1 Å². The van der Waals surface area contributed by atoms with Gasteiger partial charge in [0.15, 0.2) is 0 Å². The van der Waals surface area contributed by atoms with E-state index >= 15 is 0 Å². The maximum Gasteiger partial charge on any atom is 0.352 e. The number of carboxylic acid groups (broad SMARTS) is 1. The minimum atomic E-state index is -1.10. The van der Waals surface area contributed by atoms with Crippen molar-refractivity contribution >= 4 is 45.5 Å². The number of hydrogen-bond donors (Lipinski definition) is 2. The van der Waals surface area contributed by atoms with Crippen molar-refractivity contribution in [3.05, 3.63) is 11.3 Å². The summed E-state index contributed by atoms with van der Waals surface area (Å²) in [7, 11) is 0. The number of carbonyl (C=O) groups excluding carboxylic acids is 2. The molecule has 0 aromatic carbocycles. The van der Waals surface area contributed by atoms with E-state index in [-0.39, 0.29) is 28.2 Å². The van der Waals surface area contributed by atoms with Gasteiger partial charge < -0.3 is 10.4 Å². The van der Waals surface area contributed by atoms with Gasteiger partial charge in [0.1, 0.15) is 17.1 Å². The van der Waals surface area contributed by atoms with Gasteiger partial charge in [0.05, 0.1) is 5.33 Å². The average Bonchev–Trinajstić information content (AvgIpc) is 2.34. The summed E-state index contributed by atoms with van der Waals surface area (Å²) in [6.45, 7) is 1.70. The lowest BCUT2D eigenvalue weighted by molar-refractivity contribution is -0.150. The number of β-lactam (4-membered cyclic amide) rings is 1. The van der Waals surface area contributed by atoms with E-state index < -0.39 is 12.0 Å². The van der Waals surface area contributed by atoms with Gasteiger partial charge in [0, 0.05) is 5.75 Å². The van der Waals surface area contributed by atoms with Crippen molar-refractivity contribution in [2.24, 2.45) is 0 Å². The summed E-state index contributed by atoms with van der Waals surface area (Å²) in [6, 6.07) is -0.623. The van der Waals surface area contributed by atoms with Crippen LogP contribution in [0.3, 0.4) is 0 Å². The van der Waals surface area contributed by atoms with Crippen LogP contribution in [0.25, 0.3) is 0 Å². The molecule has 0 aliphatic carbocycles. The topological polar surface area (TPSA) is 86.7 Å². The standard InChI is InChI=1S/C10H11BrN2O4S/c1-4-3-18-9-6(12-5(14)2-11)8(15)13(9)7(4)10(16)17/h6,9H,2-3H2,1H3,(H,12,14)(H,16,17). The first-order valence-corrected chi connectivity index (χ1v) is 7.37. The van der Waals surface area contributed by atoms with Crippen molar-refractivity contribution in [2.45, 2.75) is 18.3 Å². The molecule has 2 heterocycles. The molecule has 2 N–H and O–H groups in total. The Hall–Kier alpha value is -1.02. The number of aliphatic carboxylic acids is 1. The highest BCUT2D eigenvalue weighted by atomic mass is 79.9. The molecule has 0 aromatic heterocycles. The summed E-state index contributed by atoms with van der Waals surface area (Å²) < 4.78 is 0.